The molecular formula is C18H18F2N2O2. The summed E-state index contributed by atoms with van der Waals surface area (Å²) in [5, 5.41) is 2.78. The summed E-state index contributed by atoms with van der Waals surface area (Å²) in [6, 6.07) is 12.2. The second kappa shape index (κ2) is 7.68. The van der Waals surface area contributed by atoms with E-state index in [2.05, 4.69) is 5.32 Å². The van der Waals surface area contributed by atoms with Gasteiger partial charge in [0.1, 0.15) is 6.54 Å². The van der Waals surface area contributed by atoms with E-state index in [9.17, 15) is 18.4 Å². The summed E-state index contributed by atoms with van der Waals surface area (Å²) in [5.41, 5.74) is 1.05. The van der Waals surface area contributed by atoms with Gasteiger partial charge in [-0.05, 0) is 24.6 Å². The number of carbonyl (C=O) groups is 2. The van der Waals surface area contributed by atoms with Crippen LogP contribution in [-0.4, -0.2) is 18.4 Å². The first-order chi connectivity index (χ1) is 11.4. The first-order valence-electron chi connectivity index (χ1n) is 7.46. The summed E-state index contributed by atoms with van der Waals surface area (Å²) in [7, 11) is 0. The molecule has 4 nitrogen and oxygen atoms in total. The van der Waals surface area contributed by atoms with E-state index in [0.717, 1.165) is 22.6 Å². The second-order valence-electron chi connectivity index (χ2n) is 5.40. The van der Waals surface area contributed by atoms with Crippen molar-refractivity contribution in [1.29, 1.82) is 0 Å². The molecule has 0 spiro atoms. The molecule has 0 heterocycles. The maximum Gasteiger partial charge on any atom is 0.240 e. The highest BCUT2D eigenvalue weighted by molar-refractivity contribution is 5.97. The van der Waals surface area contributed by atoms with Crippen LogP contribution in [0, 0.1) is 11.6 Å². The minimum absolute atomic E-state index is 0.129. The number of carbonyl (C=O) groups excluding carboxylic acids is 2. The van der Waals surface area contributed by atoms with E-state index >= 15 is 0 Å². The Balaban J connectivity index is 2.08. The maximum atomic E-state index is 13.4. The van der Waals surface area contributed by atoms with E-state index in [1.807, 2.05) is 37.3 Å². The Labute approximate surface area is 139 Å². The van der Waals surface area contributed by atoms with Gasteiger partial charge in [0.15, 0.2) is 11.6 Å². The molecule has 0 aliphatic heterocycles. The third-order valence-electron chi connectivity index (χ3n) is 3.57. The lowest BCUT2D eigenvalue weighted by Crippen LogP contribution is -2.40. The number of hydrogen-bond acceptors (Lipinski definition) is 2. The topological polar surface area (TPSA) is 49.4 Å². The van der Waals surface area contributed by atoms with Gasteiger partial charge in [-0.2, -0.15) is 0 Å². The first kappa shape index (κ1) is 17.6. The third kappa shape index (κ3) is 4.38. The normalized spacial score (nSPS) is 11.7. The number of amides is 2. The predicted octanol–water partition coefficient (Wildman–Crippen LogP) is 3.20. The van der Waals surface area contributed by atoms with Gasteiger partial charge in [-0.15, -0.1) is 0 Å². The Morgan fingerprint density at radius 2 is 1.75 bits per heavy atom. The van der Waals surface area contributed by atoms with Crippen LogP contribution in [0.4, 0.5) is 14.5 Å². The molecule has 0 radical (unpaired) electrons. The van der Waals surface area contributed by atoms with Gasteiger partial charge in [0.2, 0.25) is 11.8 Å². The smallest absolute Gasteiger partial charge is 0.240 e. The summed E-state index contributed by atoms with van der Waals surface area (Å²) >= 11 is 0. The summed E-state index contributed by atoms with van der Waals surface area (Å²) < 4.78 is 26.4. The predicted molar refractivity (Wildman–Crippen MR) is 87.4 cm³/mol. The minimum atomic E-state index is -1.07. The molecule has 6 heteroatoms. The third-order valence-corrected chi connectivity index (χ3v) is 3.57. The van der Waals surface area contributed by atoms with Gasteiger partial charge in [-0.1, -0.05) is 30.3 Å². The van der Waals surface area contributed by atoms with Crippen molar-refractivity contribution in [3.8, 4) is 0 Å². The molecule has 1 unspecified atom stereocenters. The van der Waals surface area contributed by atoms with Crippen molar-refractivity contribution in [3.63, 3.8) is 0 Å². The Morgan fingerprint density at radius 3 is 2.33 bits per heavy atom. The lowest BCUT2D eigenvalue weighted by Gasteiger charge is -2.22. The summed E-state index contributed by atoms with van der Waals surface area (Å²) in [4.78, 5) is 25.0. The molecule has 2 aromatic carbocycles. The van der Waals surface area contributed by atoms with Crippen LogP contribution in [0.25, 0.3) is 0 Å². The molecule has 2 aromatic rings. The molecule has 24 heavy (non-hydrogen) atoms. The van der Waals surface area contributed by atoms with Crippen molar-refractivity contribution < 1.29 is 18.4 Å². The average Bonchev–Trinajstić information content (AvgIpc) is 2.56. The number of benzene rings is 2. The van der Waals surface area contributed by atoms with Crippen LogP contribution in [-0.2, 0) is 9.59 Å². The van der Waals surface area contributed by atoms with Crippen LogP contribution in [0.5, 0.6) is 0 Å². The summed E-state index contributed by atoms with van der Waals surface area (Å²) in [6.45, 7) is 2.80. The number of nitrogens with one attached hydrogen (secondary N) is 1. The molecule has 2 amide bonds. The first-order valence-corrected chi connectivity index (χ1v) is 7.46. The molecule has 0 aromatic heterocycles. The van der Waals surface area contributed by atoms with Crippen molar-refractivity contribution in [1.82, 2.24) is 5.32 Å². The monoisotopic (exact) mass is 332 g/mol. The van der Waals surface area contributed by atoms with Crippen LogP contribution < -0.4 is 10.2 Å². The van der Waals surface area contributed by atoms with Crippen molar-refractivity contribution >= 4 is 17.5 Å². The van der Waals surface area contributed by atoms with Crippen LogP contribution in [0.2, 0.25) is 0 Å². The highest BCUT2D eigenvalue weighted by Gasteiger charge is 2.18. The van der Waals surface area contributed by atoms with Crippen molar-refractivity contribution in [3.05, 3.63) is 65.7 Å². The van der Waals surface area contributed by atoms with Crippen molar-refractivity contribution in [2.75, 3.05) is 11.4 Å². The second-order valence-corrected chi connectivity index (χ2v) is 5.40. The number of anilines is 1. The van der Waals surface area contributed by atoms with Gasteiger partial charge >= 0.3 is 0 Å². The van der Waals surface area contributed by atoms with Crippen molar-refractivity contribution in [2.45, 2.75) is 19.9 Å². The molecule has 1 atom stereocenters. The fourth-order valence-corrected chi connectivity index (χ4v) is 2.29. The van der Waals surface area contributed by atoms with E-state index in [4.69, 9.17) is 0 Å². The molecule has 0 bridgehead atoms. The number of nitrogens with zero attached hydrogens (tertiary/aromatic N) is 1. The van der Waals surface area contributed by atoms with Gasteiger partial charge in [0, 0.05) is 18.7 Å². The zero-order chi connectivity index (χ0) is 17.7. The lowest BCUT2D eigenvalue weighted by molar-refractivity contribution is -0.123. The van der Waals surface area contributed by atoms with Gasteiger partial charge < -0.3 is 10.2 Å². The SMILES string of the molecule is CC(=O)N(CC(=O)NC(C)c1ccccc1)c1ccc(F)c(F)c1. The molecule has 0 saturated carbocycles. The highest BCUT2D eigenvalue weighted by atomic mass is 19.2. The Bertz CT molecular complexity index is 735. The van der Waals surface area contributed by atoms with E-state index in [1.54, 1.807) is 0 Å². The fraction of sp³-hybridized carbons (Fsp3) is 0.222. The van der Waals surface area contributed by atoms with Crippen molar-refractivity contribution in [2.24, 2.45) is 0 Å². The fourth-order valence-electron chi connectivity index (χ4n) is 2.29. The zero-order valence-corrected chi connectivity index (χ0v) is 13.4. The molecule has 126 valence electrons. The lowest BCUT2D eigenvalue weighted by atomic mass is 10.1. The Hall–Kier alpha value is -2.76. The van der Waals surface area contributed by atoms with E-state index in [0.29, 0.717) is 0 Å². The highest BCUT2D eigenvalue weighted by Crippen LogP contribution is 2.18. The average molecular weight is 332 g/mol. The minimum Gasteiger partial charge on any atom is -0.348 e. The van der Waals surface area contributed by atoms with E-state index < -0.39 is 23.4 Å². The van der Waals surface area contributed by atoms with E-state index in [-0.39, 0.29) is 18.3 Å². The standard InChI is InChI=1S/C18H18F2N2O2/c1-12(14-6-4-3-5-7-14)21-18(24)11-22(13(2)23)15-8-9-16(19)17(20)10-15/h3-10,12H,11H2,1-2H3,(H,21,24). The molecule has 0 fully saturated rings. The van der Waals surface area contributed by atoms with Crippen LogP contribution in [0.3, 0.4) is 0 Å². The molecule has 0 saturated heterocycles. The van der Waals surface area contributed by atoms with Gasteiger partial charge in [-0.3, -0.25) is 9.59 Å². The van der Waals surface area contributed by atoms with Gasteiger partial charge in [0.25, 0.3) is 0 Å². The number of hydrogen-bond donors (Lipinski definition) is 1. The maximum absolute atomic E-state index is 13.4. The molecule has 2 rings (SSSR count). The quantitative estimate of drug-likeness (QED) is 0.914. The zero-order valence-electron chi connectivity index (χ0n) is 13.4. The molecule has 0 aliphatic carbocycles. The van der Waals surface area contributed by atoms with Gasteiger partial charge in [-0.25, -0.2) is 8.78 Å². The van der Waals surface area contributed by atoms with E-state index in [1.165, 1.54) is 13.0 Å². The molecule has 0 aliphatic rings. The number of rotatable bonds is 5. The van der Waals surface area contributed by atoms with Crippen LogP contribution in [0.15, 0.2) is 48.5 Å². The largest absolute Gasteiger partial charge is 0.348 e. The molecular weight excluding hydrogens is 314 g/mol. The molecule has 1 N–H and O–H groups in total. The Morgan fingerprint density at radius 1 is 1.08 bits per heavy atom. The van der Waals surface area contributed by atoms with Crippen LogP contribution >= 0.6 is 0 Å². The van der Waals surface area contributed by atoms with Gasteiger partial charge in [0.05, 0.1) is 6.04 Å². The van der Waals surface area contributed by atoms with Crippen LogP contribution in [0.1, 0.15) is 25.5 Å². The summed E-state index contributed by atoms with van der Waals surface area (Å²) in [6.07, 6.45) is 0. The summed E-state index contributed by atoms with van der Waals surface area (Å²) in [5.74, 6) is -2.92. The number of halogens is 2. The Kier molecular flexibility index (Phi) is 5.63.